The number of oxime groups is 1. The largest absolute Gasteiger partial charge is 0.459 e. The maximum absolute atomic E-state index is 15.2. The number of aliphatic hydroxyl groups excluding tert-OH is 3. The number of amides is 2. The minimum Gasteiger partial charge on any atom is -0.459 e. The minimum absolute atomic E-state index is 0.00510. The normalized spacial score (nSPS) is 20.8. The number of nitro groups is 1. The minimum atomic E-state index is -1.63. The van der Waals surface area contributed by atoms with Crippen LogP contribution in [-0.2, 0) is 20.9 Å². The lowest BCUT2D eigenvalue weighted by Gasteiger charge is -2.60. The lowest BCUT2D eigenvalue weighted by Crippen LogP contribution is -2.70. The van der Waals surface area contributed by atoms with Crippen LogP contribution in [0.15, 0.2) is 96.2 Å². The molecule has 0 saturated heterocycles. The number of nitrogens with zero attached hydrogens (tertiary/aromatic N) is 4. The molecule has 6 rings (SSSR count). The molecule has 412 valence electrons. The molecule has 0 spiro atoms. The van der Waals surface area contributed by atoms with Crippen LogP contribution in [0.5, 0.6) is 11.5 Å². The van der Waals surface area contributed by atoms with Crippen LogP contribution in [0.3, 0.4) is 0 Å². The van der Waals surface area contributed by atoms with E-state index < -0.39 is 40.6 Å². The Morgan fingerprint density at radius 3 is 2.26 bits per heavy atom. The number of ether oxygens (including phenoxy) is 4. The van der Waals surface area contributed by atoms with E-state index in [-0.39, 0.29) is 76.7 Å². The highest BCUT2D eigenvalue weighted by molar-refractivity contribution is 6.03. The van der Waals surface area contributed by atoms with Gasteiger partial charge in [0.15, 0.2) is 0 Å². The molecule has 0 bridgehead atoms. The van der Waals surface area contributed by atoms with Gasteiger partial charge in [-0.25, -0.2) is 4.79 Å². The molecule has 3 aromatic rings. The molecule has 0 unspecified atom stereocenters. The maximum atomic E-state index is 15.2. The summed E-state index contributed by atoms with van der Waals surface area (Å²) in [7, 11) is 0. The summed E-state index contributed by atoms with van der Waals surface area (Å²) >= 11 is 0. The molecular formula is C59H79N5O12. The van der Waals surface area contributed by atoms with Gasteiger partial charge in [0, 0.05) is 61.9 Å². The molecule has 1 heterocycles. The number of nitrogens with one attached hydrogen (secondary N) is 1. The monoisotopic (exact) mass is 1050 g/mol. The molecule has 0 aromatic heterocycles. The molecule has 1 fully saturated rings. The zero-order valence-electron chi connectivity index (χ0n) is 44.3. The number of carbonyl (C=O) groups is 2. The third kappa shape index (κ3) is 16.0. The summed E-state index contributed by atoms with van der Waals surface area (Å²) in [5.74, 6) is -2.58. The summed E-state index contributed by atoms with van der Waals surface area (Å²) in [6.07, 6.45) is 19.0. The molecule has 76 heavy (non-hydrogen) atoms. The number of fused-ring (bicyclic) bond motifs is 2. The average Bonchev–Trinajstić information content (AvgIpc) is 3.58. The molecule has 1 aliphatic heterocycles. The van der Waals surface area contributed by atoms with Crippen LogP contribution in [0.4, 0.5) is 10.5 Å². The second kappa shape index (κ2) is 31.2. The standard InChI is InChI=1S/C59H79N5O12/c1-3-5-6-7-8-9-10-11-12-15-30-61-58(69)75-48-28-29-53-51(39-48)55-49(19-14-17-33-66)46(18-13-16-32-65)38-50-52(62-74-42-44-22-26-47(27-23-44)64(70)71)40-54(59(76-53,56(50)55)73-35-4-2)63(31-36-72-37-34-67)57(68)45-24-20-43(41-60)21-25-45/h4,20-29,38-39,46,49,54-56,65-67H,2-3,5-19,30-37,40,42H2,1H3,(H,61,69)/t46-,49+,54-,55+,56+,59+/m0/s1. The van der Waals surface area contributed by atoms with Gasteiger partial charge in [-0.1, -0.05) is 94.9 Å². The first-order valence-corrected chi connectivity index (χ1v) is 27.5. The molecule has 17 nitrogen and oxygen atoms in total. The van der Waals surface area contributed by atoms with Crippen molar-refractivity contribution in [3.05, 3.63) is 123 Å². The summed E-state index contributed by atoms with van der Waals surface area (Å²) in [4.78, 5) is 47.5. The first-order chi connectivity index (χ1) is 37.1. The molecular weight excluding hydrogens is 971 g/mol. The van der Waals surface area contributed by atoms with E-state index in [1.807, 2.05) is 6.07 Å². The van der Waals surface area contributed by atoms with Gasteiger partial charge in [0.1, 0.15) is 24.1 Å². The Kier molecular flexibility index (Phi) is 24.2. The summed E-state index contributed by atoms with van der Waals surface area (Å²) in [5.41, 5.74) is 3.30. The zero-order chi connectivity index (χ0) is 54.1. The van der Waals surface area contributed by atoms with Crippen molar-refractivity contribution in [3.63, 3.8) is 0 Å². The molecule has 17 heteroatoms. The number of allylic oxidation sites excluding steroid dienone is 1. The number of unbranched alkanes of at least 4 members (excludes halogenated alkanes) is 11. The first-order valence-electron chi connectivity index (χ1n) is 27.5. The van der Waals surface area contributed by atoms with Crippen LogP contribution in [0.25, 0.3) is 0 Å². The lowest BCUT2D eigenvalue weighted by molar-refractivity contribution is -0.384. The van der Waals surface area contributed by atoms with E-state index in [0.717, 1.165) is 36.8 Å². The van der Waals surface area contributed by atoms with Crippen molar-refractivity contribution in [1.82, 2.24) is 10.2 Å². The predicted molar refractivity (Wildman–Crippen MR) is 289 cm³/mol. The number of aliphatic hydroxyl groups is 3. The highest BCUT2D eigenvalue weighted by Crippen LogP contribution is 2.62. The highest BCUT2D eigenvalue weighted by Gasteiger charge is 2.65. The van der Waals surface area contributed by atoms with Crippen LogP contribution in [0.1, 0.15) is 149 Å². The van der Waals surface area contributed by atoms with E-state index in [1.165, 1.54) is 57.1 Å². The third-order valence-corrected chi connectivity index (χ3v) is 14.8. The van der Waals surface area contributed by atoms with Crippen molar-refractivity contribution in [2.75, 3.05) is 52.7 Å². The molecule has 2 aliphatic carbocycles. The van der Waals surface area contributed by atoms with Gasteiger partial charge in [-0.15, -0.1) is 6.58 Å². The van der Waals surface area contributed by atoms with E-state index in [9.17, 15) is 35.5 Å². The second-order valence-corrected chi connectivity index (χ2v) is 20.0. The van der Waals surface area contributed by atoms with Crippen LogP contribution in [-0.4, -0.2) is 107 Å². The summed E-state index contributed by atoms with van der Waals surface area (Å²) in [6, 6.07) is 18.9. The number of hydrogen-bond donors (Lipinski definition) is 4. The Hall–Kier alpha value is -6.16. The Morgan fingerprint density at radius 1 is 0.908 bits per heavy atom. The SMILES string of the molecule is C=CCO[C@@]12Oc3ccc(OC(=O)NCCCCCCCCCCCC)cc3[C@H]3[C@H](CCCCO)[C@@H](CCCCO)C=C(C(=NOCc4ccc([N+](=O)[O-])cc4)C[C@@H]1N(CCOCCO)C(=O)c1ccc(C#N)cc1)[C@H]32. The van der Waals surface area contributed by atoms with Crippen LogP contribution in [0, 0.1) is 39.2 Å². The van der Waals surface area contributed by atoms with Gasteiger partial charge >= 0.3 is 6.09 Å². The van der Waals surface area contributed by atoms with Gasteiger partial charge in [-0.2, -0.15) is 5.26 Å². The molecule has 3 aliphatic rings. The second-order valence-electron chi connectivity index (χ2n) is 20.0. The fraction of sp³-hybridized carbons (Fsp3) is 0.559. The molecule has 2 amide bonds. The van der Waals surface area contributed by atoms with Gasteiger partial charge in [0.25, 0.3) is 11.6 Å². The van der Waals surface area contributed by atoms with Crippen molar-refractivity contribution in [3.8, 4) is 17.6 Å². The first kappa shape index (κ1) is 59.1. The Bertz CT molecular complexity index is 2420. The van der Waals surface area contributed by atoms with Crippen molar-refractivity contribution < 1.29 is 53.6 Å². The Balaban J connectivity index is 1.45. The molecule has 1 saturated carbocycles. The Morgan fingerprint density at radius 2 is 1.61 bits per heavy atom. The predicted octanol–water partition coefficient (Wildman–Crippen LogP) is 10.5. The molecule has 0 radical (unpaired) electrons. The fourth-order valence-electron chi connectivity index (χ4n) is 11.1. The van der Waals surface area contributed by atoms with E-state index >= 15 is 4.79 Å². The van der Waals surface area contributed by atoms with Crippen LogP contribution < -0.4 is 14.8 Å². The summed E-state index contributed by atoms with van der Waals surface area (Å²) in [6.45, 7) is 6.60. The fourth-order valence-corrected chi connectivity index (χ4v) is 11.1. The summed E-state index contributed by atoms with van der Waals surface area (Å²) in [5, 5.41) is 58.7. The van der Waals surface area contributed by atoms with Crippen molar-refractivity contribution in [2.45, 2.75) is 140 Å². The number of hydrogen-bond acceptors (Lipinski definition) is 14. The molecule has 3 aromatic carbocycles. The van der Waals surface area contributed by atoms with Crippen LogP contribution in [0.2, 0.25) is 0 Å². The number of rotatable bonds is 34. The molecule has 4 N–H and O–H groups in total. The van der Waals surface area contributed by atoms with Crippen molar-refractivity contribution >= 4 is 23.4 Å². The number of non-ortho nitro benzene ring substituents is 1. The van der Waals surface area contributed by atoms with E-state index in [2.05, 4.69) is 31.0 Å². The van der Waals surface area contributed by atoms with Crippen molar-refractivity contribution in [2.24, 2.45) is 22.9 Å². The van der Waals surface area contributed by atoms with Crippen molar-refractivity contribution in [1.29, 1.82) is 5.26 Å². The number of nitro benzene ring substituents is 1. The van der Waals surface area contributed by atoms with E-state index in [4.69, 9.17) is 28.9 Å². The lowest BCUT2D eigenvalue weighted by atomic mass is 9.55. The summed E-state index contributed by atoms with van der Waals surface area (Å²) < 4.78 is 26.3. The van der Waals surface area contributed by atoms with Crippen LogP contribution >= 0.6 is 0 Å². The number of benzene rings is 3. The molecule has 6 atom stereocenters. The third-order valence-electron chi connectivity index (χ3n) is 14.8. The number of carbonyl (C=O) groups excluding carboxylic acids is 2. The van der Waals surface area contributed by atoms with Gasteiger partial charge in [0.2, 0.25) is 5.79 Å². The Labute approximate surface area is 448 Å². The van der Waals surface area contributed by atoms with Gasteiger partial charge in [-0.3, -0.25) is 14.9 Å². The highest BCUT2D eigenvalue weighted by atomic mass is 16.7. The van der Waals surface area contributed by atoms with E-state index in [0.29, 0.717) is 72.5 Å². The topological polar surface area (TPSA) is 236 Å². The smallest absolute Gasteiger partial charge is 0.412 e. The van der Waals surface area contributed by atoms with Gasteiger partial charge in [-0.05, 0) is 110 Å². The quantitative estimate of drug-likeness (QED) is 0.0189. The van der Waals surface area contributed by atoms with Gasteiger partial charge in [0.05, 0.1) is 54.6 Å². The maximum Gasteiger partial charge on any atom is 0.412 e. The van der Waals surface area contributed by atoms with E-state index in [1.54, 1.807) is 59.5 Å². The zero-order valence-corrected chi connectivity index (χ0v) is 44.3. The van der Waals surface area contributed by atoms with Gasteiger partial charge < -0.3 is 49.3 Å². The average molecular weight is 1050 g/mol. The number of nitriles is 1.